The van der Waals surface area contributed by atoms with Crippen LogP contribution >= 0.6 is 0 Å². The lowest BCUT2D eigenvalue weighted by atomic mass is 9.98. The van der Waals surface area contributed by atoms with E-state index in [0.717, 1.165) is 7.11 Å². The molecule has 0 saturated carbocycles. The molecule has 2 atom stereocenters. The smallest absolute Gasteiger partial charge is 0.416 e. The Morgan fingerprint density at radius 2 is 1.52 bits per heavy atom. The van der Waals surface area contributed by atoms with Gasteiger partial charge < -0.3 is 9.29 Å². The molecule has 0 aromatic heterocycles. The van der Waals surface area contributed by atoms with Gasteiger partial charge in [0.05, 0.1) is 30.7 Å². The summed E-state index contributed by atoms with van der Waals surface area (Å²) in [6.45, 7) is 4.66. The molecule has 0 fully saturated rings. The number of hydrogen-bond acceptors (Lipinski definition) is 4. The van der Waals surface area contributed by atoms with Crippen LogP contribution in [0.5, 0.6) is 0 Å². The van der Waals surface area contributed by atoms with Crippen LogP contribution in [0.4, 0.5) is 26.3 Å². The molecule has 1 aromatic carbocycles. The third kappa shape index (κ3) is 6.89. The number of benzene rings is 1. The lowest BCUT2D eigenvalue weighted by Gasteiger charge is -2.28. The zero-order chi connectivity index (χ0) is 21.2. The molecule has 154 valence electrons. The highest BCUT2D eigenvalue weighted by Gasteiger charge is 2.39. The van der Waals surface area contributed by atoms with Gasteiger partial charge >= 0.3 is 18.3 Å². The number of methoxy groups -OCH3 is 1. The summed E-state index contributed by atoms with van der Waals surface area (Å²) in [5.41, 5.74) is -3.52. The molecule has 1 aromatic rings. The Morgan fingerprint density at radius 3 is 1.85 bits per heavy atom. The van der Waals surface area contributed by atoms with Crippen molar-refractivity contribution in [1.82, 2.24) is 4.72 Å². The van der Waals surface area contributed by atoms with Crippen molar-refractivity contribution in [3.8, 4) is 0 Å². The largest absolute Gasteiger partial charge is 0.598 e. The second-order valence-electron chi connectivity index (χ2n) is 6.67. The first-order valence-corrected chi connectivity index (χ1v) is 8.75. The van der Waals surface area contributed by atoms with Crippen LogP contribution in [0.15, 0.2) is 18.2 Å². The Bertz CT molecular complexity index is 637. The van der Waals surface area contributed by atoms with E-state index in [9.17, 15) is 35.7 Å². The topological polar surface area (TPSA) is 61.4 Å². The highest BCUT2D eigenvalue weighted by Crippen LogP contribution is 2.38. The minimum Gasteiger partial charge on any atom is -0.598 e. The third-order valence-corrected chi connectivity index (χ3v) is 5.03. The molecule has 0 aliphatic rings. The molecular weight excluding hydrogens is 400 g/mol. The van der Waals surface area contributed by atoms with Gasteiger partial charge in [-0.05, 0) is 44.5 Å². The van der Waals surface area contributed by atoms with Gasteiger partial charge in [-0.25, -0.2) is 0 Å². The van der Waals surface area contributed by atoms with Crippen molar-refractivity contribution in [1.29, 1.82) is 0 Å². The first-order chi connectivity index (χ1) is 12.1. The third-order valence-electron chi connectivity index (χ3n) is 3.42. The summed E-state index contributed by atoms with van der Waals surface area (Å²) in [5, 5.41) is 0. The average molecular weight is 419 g/mol. The van der Waals surface area contributed by atoms with Crippen molar-refractivity contribution in [2.75, 3.05) is 7.11 Å². The van der Waals surface area contributed by atoms with Crippen molar-refractivity contribution >= 4 is 17.3 Å². The number of carbonyl (C=O) groups excluding carboxylic acids is 1. The minimum atomic E-state index is -5.03. The van der Waals surface area contributed by atoms with Crippen LogP contribution in [0.3, 0.4) is 0 Å². The normalized spacial score (nSPS) is 15.4. The minimum absolute atomic E-state index is 0.0145. The monoisotopic (exact) mass is 419 g/mol. The second kappa shape index (κ2) is 8.27. The summed E-state index contributed by atoms with van der Waals surface area (Å²) in [4.78, 5) is 11.6. The van der Waals surface area contributed by atoms with E-state index in [2.05, 4.69) is 9.46 Å². The summed E-state index contributed by atoms with van der Waals surface area (Å²) in [5.74, 6) is -0.885. The molecule has 0 saturated heterocycles. The summed E-state index contributed by atoms with van der Waals surface area (Å²) in [6.07, 6.45) is -10.7. The van der Waals surface area contributed by atoms with E-state index < -0.39 is 63.6 Å². The first-order valence-electron chi connectivity index (χ1n) is 7.60. The summed E-state index contributed by atoms with van der Waals surface area (Å²) in [6, 6.07) is -0.397. The Morgan fingerprint density at radius 1 is 1.07 bits per heavy atom. The van der Waals surface area contributed by atoms with Gasteiger partial charge in [0, 0.05) is 11.4 Å². The lowest BCUT2D eigenvalue weighted by Crippen LogP contribution is -2.42. The van der Waals surface area contributed by atoms with Gasteiger partial charge in [-0.2, -0.15) is 26.3 Å². The number of hydrogen-bond donors (Lipinski definition) is 1. The van der Waals surface area contributed by atoms with E-state index in [4.69, 9.17) is 0 Å². The van der Waals surface area contributed by atoms with Crippen molar-refractivity contribution in [3.63, 3.8) is 0 Å². The van der Waals surface area contributed by atoms with E-state index in [1.54, 1.807) is 20.8 Å². The van der Waals surface area contributed by atoms with Crippen LogP contribution in [-0.4, -0.2) is 22.4 Å². The quantitative estimate of drug-likeness (QED) is 0.437. The molecule has 0 radical (unpaired) electrons. The molecule has 0 heterocycles. The lowest BCUT2D eigenvalue weighted by molar-refractivity contribution is -0.143. The second-order valence-corrected chi connectivity index (χ2v) is 8.67. The fraction of sp³-hybridized carbons (Fsp3) is 0.562. The average Bonchev–Trinajstić information content (AvgIpc) is 2.50. The van der Waals surface area contributed by atoms with Crippen LogP contribution in [-0.2, 0) is 33.2 Å². The number of nitrogens with one attached hydrogen (secondary N) is 1. The van der Waals surface area contributed by atoms with Crippen LogP contribution in [0.25, 0.3) is 0 Å². The van der Waals surface area contributed by atoms with E-state index in [0.29, 0.717) is 12.1 Å². The van der Waals surface area contributed by atoms with Crippen molar-refractivity contribution < 1.29 is 40.4 Å². The van der Waals surface area contributed by atoms with E-state index in [1.165, 1.54) is 0 Å². The Labute approximate surface area is 155 Å². The van der Waals surface area contributed by atoms with Crippen LogP contribution in [0, 0.1) is 0 Å². The fourth-order valence-corrected chi connectivity index (χ4v) is 2.80. The van der Waals surface area contributed by atoms with Crippen molar-refractivity contribution in [3.05, 3.63) is 34.9 Å². The molecule has 0 aliphatic heterocycles. The molecule has 27 heavy (non-hydrogen) atoms. The number of rotatable bonds is 5. The number of ether oxygens (including phenoxy) is 1. The SMILES string of the molecule is COC(=O)CC(N[S@+]([O-])C(C)(C)C)c1cc(C(F)(F)F)cc(C(F)(F)F)c1. The Balaban J connectivity index is 3.47. The Kier molecular flexibility index (Phi) is 7.23. The standard InChI is InChI=1S/C16H19F6NO3S/c1-14(2,3)27(25)23-12(8-13(24)26-4)9-5-10(15(17,18)19)7-11(6-9)16(20,21)22/h5-7,12,23H,8H2,1-4H3/t12?,27-/m1/s1. The van der Waals surface area contributed by atoms with Gasteiger partial charge in [0.15, 0.2) is 0 Å². The van der Waals surface area contributed by atoms with E-state index in [-0.39, 0.29) is 6.07 Å². The molecular formula is C16H19F6NO3S. The summed E-state index contributed by atoms with van der Waals surface area (Å²) >= 11 is -1.86. The van der Waals surface area contributed by atoms with Gasteiger partial charge in [0.1, 0.15) is 4.75 Å². The molecule has 11 heteroatoms. The molecule has 1 rings (SSSR count). The van der Waals surface area contributed by atoms with Gasteiger partial charge in [0.25, 0.3) is 0 Å². The van der Waals surface area contributed by atoms with Crippen LogP contribution in [0.1, 0.15) is 49.9 Å². The molecule has 0 bridgehead atoms. The van der Waals surface area contributed by atoms with Crippen LogP contribution < -0.4 is 4.72 Å². The van der Waals surface area contributed by atoms with Crippen LogP contribution in [0.2, 0.25) is 0 Å². The maximum absolute atomic E-state index is 13.0. The van der Waals surface area contributed by atoms with Gasteiger partial charge in [0.2, 0.25) is 0 Å². The highest BCUT2D eigenvalue weighted by atomic mass is 32.2. The predicted octanol–water partition coefficient (Wildman–Crippen LogP) is 4.38. The molecule has 0 amide bonds. The maximum atomic E-state index is 13.0. The molecule has 1 N–H and O–H groups in total. The molecule has 1 unspecified atom stereocenters. The fourth-order valence-electron chi connectivity index (χ4n) is 1.96. The molecule has 4 nitrogen and oxygen atoms in total. The number of alkyl halides is 6. The number of carbonyl (C=O) groups is 1. The van der Waals surface area contributed by atoms with Gasteiger partial charge in [-0.3, -0.25) is 4.79 Å². The van der Waals surface area contributed by atoms with Gasteiger partial charge in [-0.15, -0.1) is 4.72 Å². The first kappa shape index (κ1) is 23.6. The van der Waals surface area contributed by atoms with E-state index >= 15 is 0 Å². The zero-order valence-electron chi connectivity index (χ0n) is 14.9. The summed E-state index contributed by atoms with van der Waals surface area (Å²) < 4.78 is 96.5. The van der Waals surface area contributed by atoms with Gasteiger partial charge in [-0.1, -0.05) is 0 Å². The van der Waals surface area contributed by atoms with Crippen molar-refractivity contribution in [2.24, 2.45) is 0 Å². The maximum Gasteiger partial charge on any atom is 0.416 e. The molecule has 0 aliphatic carbocycles. The summed E-state index contributed by atoms with van der Waals surface area (Å²) in [7, 11) is 1.02. The van der Waals surface area contributed by atoms with E-state index in [1.807, 2.05) is 0 Å². The zero-order valence-corrected chi connectivity index (χ0v) is 15.7. The number of esters is 1. The Hall–Kier alpha value is -1.46. The van der Waals surface area contributed by atoms with Crippen molar-refractivity contribution in [2.45, 2.75) is 50.3 Å². The molecule has 0 spiro atoms. The number of halogens is 6. The predicted molar refractivity (Wildman–Crippen MR) is 86.9 cm³/mol. The highest BCUT2D eigenvalue weighted by molar-refractivity contribution is 7.90.